The van der Waals surface area contributed by atoms with Gasteiger partial charge in [0, 0.05) is 0 Å². The zero-order chi connectivity index (χ0) is 17.2. The first-order valence-corrected chi connectivity index (χ1v) is 9.06. The number of quaternary nitrogens is 1. The van der Waals surface area contributed by atoms with Gasteiger partial charge in [0.05, 0.1) is 13.1 Å². The molecule has 0 aliphatic carbocycles. The maximum Gasteiger partial charge on any atom is 0.329 e. The number of amides is 3. The van der Waals surface area contributed by atoms with Crippen molar-refractivity contribution < 1.29 is 14.5 Å². The van der Waals surface area contributed by atoms with Gasteiger partial charge in [-0.25, -0.2) is 9.69 Å². The lowest BCUT2D eigenvalue weighted by molar-refractivity contribution is -0.912. The second-order valence-corrected chi connectivity index (χ2v) is 7.50. The summed E-state index contributed by atoms with van der Waals surface area (Å²) in [6.45, 7) is 6.74. The number of carbonyl (C=O) groups excluding carboxylic acids is 2. The van der Waals surface area contributed by atoms with Gasteiger partial charge < -0.3 is 10.2 Å². The lowest BCUT2D eigenvalue weighted by Crippen LogP contribution is -3.14. The van der Waals surface area contributed by atoms with Crippen LogP contribution in [0.5, 0.6) is 0 Å². The van der Waals surface area contributed by atoms with Crippen molar-refractivity contribution in [2.75, 3.05) is 19.8 Å². The summed E-state index contributed by atoms with van der Waals surface area (Å²) in [7, 11) is 0. The second-order valence-electron chi connectivity index (χ2n) is 7.50. The molecule has 0 radical (unpaired) electrons. The molecule has 2 N–H and O–H groups in total. The van der Waals surface area contributed by atoms with Crippen molar-refractivity contribution >= 4 is 11.9 Å². The number of nitrogens with zero attached hydrogens (tertiary/aromatic N) is 1. The number of hydrogen-bond acceptors (Lipinski definition) is 2. The van der Waals surface area contributed by atoms with Crippen LogP contribution < -0.4 is 10.2 Å². The van der Waals surface area contributed by atoms with Crippen LogP contribution in [0.4, 0.5) is 4.79 Å². The minimum absolute atomic E-state index is 0.0922. The Labute approximate surface area is 144 Å². The zero-order valence-corrected chi connectivity index (χ0v) is 14.7. The van der Waals surface area contributed by atoms with E-state index in [1.165, 1.54) is 29.1 Å². The number of carbonyl (C=O) groups is 2. The molecule has 1 atom stereocenters. The summed E-state index contributed by atoms with van der Waals surface area (Å²) in [5.74, 6) is 0.210. The van der Waals surface area contributed by atoms with E-state index in [1.54, 1.807) is 0 Å². The minimum atomic E-state index is -0.915. The average Bonchev–Trinajstić information content (AvgIpc) is 2.81. The van der Waals surface area contributed by atoms with Crippen LogP contribution >= 0.6 is 0 Å². The van der Waals surface area contributed by atoms with Gasteiger partial charge in [-0.2, -0.15) is 0 Å². The Morgan fingerprint density at radius 3 is 2.42 bits per heavy atom. The topological polar surface area (TPSA) is 53.9 Å². The van der Waals surface area contributed by atoms with E-state index in [2.05, 4.69) is 19.2 Å². The van der Waals surface area contributed by atoms with Gasteiger partial charge >= 0.3 is 6.03 Å². The molecule has 24 heavy (non-hydrogen) atoms. The highest BCUT2D eigenvalue weighted by atomic mass is 16.2. The maximum atomic E-state index is 13.3. The normalized spacial score (nSPS) is 25.4. The molecule has 0 spiro atoms. The van der Waals surface area contributed by atoms with E-state index in [0.29, 0.717) is 19.0 Å². The van der Waals surface area contributed by atoms with Gasteiger partial charge in [-0.15, -0.1) is 0 Å². The van der Waals surface area contributed by atoms with E-state index in [4.69, 9.17) is 0 Å². The summed E-state index contributed by atoms with van der Waals surface area (Å²) in [6, 6.07) is 9.42. The SMILES string of the molecule is CC(C)C[C@@]1(c2ccccc2)NC(=O)N(C[NH+]2CCCCC2)C1=O. The molecule has 130 valence electrons. The lowest BCUT2D eigenvalue weighted by Gasteiger charge is -2.30. The fourth-order valence-electron chi connectivity index (χ4n) is 3.99. The highest BCUT2D eigenvalue weighted by Gasteiger charge is 2.53. The van der Waals surface area contributed by atoms with Crippen LogP contribution in [0.15, 0.2) is 30.3 Å². The van der Waals surface area contributed by atoms with Crippen LogP contribution in [0.3, 0.4) is 0 Å². The summed E-state index contributed by atoms with van der Waals surface area (Å²) in [4.78, 5) is 28.7. The lowest BCUT2D eigenvalue weighted by atomic mass is 9.82. The smallest absolute Gasteiger partial charge is 0.319 e. The van der Waals surface area contributed by atoms with E-state index in [-0.39, 0.29) is 11.9 Å². The van der Waals surface area contributed by atoms with Crippen molar-refractivity contribution in [3.05, 3.63) is 35.9 Å². The predicted octanol–water partition coefficient (Wildman–Crippen LogP) is 1.51. The first kappa shape index (κ1) is 17.0. The van der Waals surface area contributed by atoms with Crippen LogP contribution in [0.1, 0.15) is 45.1 Å². The van der Waals surface area contributed by atoms with Crippen LogP contribution in [-0.2, 0) is 10.3 Å². The molecule has 0 aromatic heterocycles. The van der Waals surface area contributed by atoms with Gasteiger partial charge in [-0.05, 0) is 37.2 Å². The summed E-state index contributed by atoms with van der Waals surface area (Å²) in [5, 5.41) is 3.03. The van der Waals surface area contributed by atoms with Gasteiger partial charge in [0.2, 0.25) is 0 Å². The highest BCUT2D eigenvalue weighted by molar-refractivity contribution is 6.07. The van der Waals surface area contributed by atoms with Crippen molar-refractivity contribution in [3.63, 3.8) is 0 Å². The van der Waals surface area contributed by atoms with E-state index in [0.717, 1.165) is 18.7 Å². The summed E-state index contributed by atoms with van der Waals surface area (Å²) in [5.41, 5.74) is -0.0324. The molecule has 1 aromatic rings. The zero-order valence-electron chi connectivity index (χ0n) is 14.7. The van der Waals surface area contributed by atoms with Crippen LogP contribution in [-0.4, -0.2) is 36.6 Å². The van der Waals surface area contributed by atoms with Crippen LogP contribution in [0.2, 0.25) is 0 Å². The molecule has 2 saturated heterocycles. The number of benzene rings is 1. The van der Waals surface area contributed by atoms with Gasteiger partial charge in [0.25, 0.3) is 5.91 Å². The Hall–Kier alpha value is -1.88. The number of piperidine rings is 1. The van der Waals surface area contributed by atoms with Crippen molar-refractivity contribution in [2.45, 2.75) is 45.1 Å². The van der Waals surface area contributed by atoms with Crippen molar-refractivity contribution in [1.82, 2.24) is 10.2 Å². The van der Waals surface area contributed by atoms with Crippen LogP contribution in [0.25, 0.3) is 0 Å². The van der Waals surface area contributed by atoms with Crippen LogP contribution in [0, 0.1) is 5.92 Å². The molecule has 2 fully saturated rings. The third-order valence-corrected chi connectivity index (χ3v) is 5.10. The number of nitrogens with one attached hydrogen (secondary N) is 2. The summed E-state index contributed by atoms with van der Waals surface area (Å²) in [6.07, 6.45) is 4.22. The highest BCUT2D eigenvalue weighted by Crippen LogP contribution is 2.34. The molecular formula is C19H28N3O2+. The van der Waals surface area contributed by atoms with Gasteiger partial charge in [-0.3, -0.25) is 4.79 Å². The third kappa shape index (κ3) is 3.18. The first-order valence-electron chi connectivity index (χ1n) is 9.06. The molecule has 0 bridgehead atoms. The van der Waals surface area contributed by atoms with Crippen molar-refractivity contribution in [3.8, 4) is 0 Å². The van der Waals surface area contributed by atoms with E-state index in [9.17, 15) is 9.59 Å². The molecule has 0 unspecified atom stereocenters. The maximum absolute atomic E-state index is 13.3. The predicted molar refractivity (Wildman–Crippen MR) is 92.4 cm³/mol. The summed E-state index contributed by atoms with van der Waals surface area (Å²) < 4.78 is 0. The number of urea groups is 1. The summed E-state index contributed by atoms with van der Waals surface area (Å²) >= 11 is 0. The molecule has 2 heterocycles. The molecule has 3 rings (SSSR count). The number of hydrogen-bond donors (Lipinski definition) is 2. The Kier molecular flexibility index (Phi) is 4.90. The standard InChI is InChI=1S/C19H27N3O2/c1-15(2)13-19(16-9-5-3-6-10-16)17(23)22(18(24)20-19)14-21-11-7-4-8-12-21/h3,5-6,9-10,15H,4,7-8,11-14H2,1-2H3,(H,20,24)/p+1/t19-/m0/s1. The minimum Gasteiger partial charge on any atom is -0.319 e. The van der Waals surface area contributed by atoms with Gasteiger partial charge in [0.15, 0.2) is 6.67 Å². The fourth-order valence-corrected chi connectivity index (χ4v) is 3.99. The molecule has 5 nitrogen and oxygen atoms in total. The van der Waals surface area contributed by atoms with E-state index in [1.807, 2.05) is 30.3 Å². The molecule has 2 aliphatic heterocycles. The molecular weight excluding hydrogens is 302 g/mol. The van der Waals surface area contributed by atoms with Crippen molar-refractivity contribution in [1.29, 1.82) is 0 Å². The Bertz CT molecular complexity index is 596. The Morgan fingerprint density at radius 2 is 1.79 bits per heavy atom. The second kappa shape index (κ2) is 6.93. The fraction of sp³-hybridized carbons (Fsp3) is 0.579. The monoisotopic (exact) mass is 330 g/mol. The number of rotatable bonds is 5. The third-order valence-electron chi connectivity index (χ3n) is 5.10. The molecule has 1 aromatic carbocycles. The van der Waals surface area contributed by atoms with Gasteiger partial charge in [0.1, 0.15) is 5.54 Å². The van der Waals surface area contributed by atoms with Crippen molar-refractivity contribution in [2.24, 2.45) is 5.92 Å². The molecule has 5 heteroatoms. The van der Waals surface area contributed by atoms with E-state index < -0.39 is 5.54 Å². The Balaban J connectivity index is 1.87. The van der Waals surface area contributed by atoms with Gasteiger partial charge in [-0.1, -0.05) is 44.2 Å². The molecule has 2 aliphatic rings. The quantitative estimate of drug-likeness (QED) is 0.804. The molecule has 0 saturated carbocycles. The first-order chi connectivity index (χ1) is 11.5. The number of likely N-dealkylation sites (tertiary alicyclic amines) is 1. The Morgan fingerprint density at radius 1 is 1.12 bits per heavy atom. The average molecular weight is 330 g/mol. The molecule has 3 amide bonds. The largest absolute Gasteiger partial charge is 0.329 e. The number of imide groups is 1. The van der Waals surface area contributed by atoms with E-state index >= 15 is 0 Å².